The van der Waals surface area contributed by atoms with Gasteiger partial charge in [0.1, 0.15) is 11.6 Å². The van der Waals surface area contributed by atoms with Gasteiger partial charge in [-0.05, 0) is 54.8 Å². The maximum absolute atomic E-state index is 14.3. The van der Waals surface area contributed by atoms with Crippen LogP contribution < -0.4 is 5.32 Å². The van der Waals surface area contributed by atoms with Gasteiger partial charge in [-0.15, -0.1) is 10.2 Å². The summed E-state index contributed by atoms with van der Waals surface area (Å²) in [5.41, 5.74) is 1.61. The molecule has 4 rings (SSSR count). The summed E-state index contributed by atoms with van der Waals surface area (Å²) < 4.78 is 16.4. The molecule has 29 heavy (non-hydrogen) atoms. The Labute approximate surface area is 173 Å². The van der Waals surface area contributed by atoms with Crippen molar-refractivity contribution in [2.45, 2.75) is 32.2 Å². The molecule has 0 radical (unpaired) electrons. The van der Waals surface area contributed by atoms with Crippen LogP contribution in [0.4, 0.5) is 10.1 Å². The Hall–Kier alpha value is -2.99. The molecule has 0 bridgehead atoms. The molecule has 1 aromatic heterocycles. The fraction of sp³-hybridized carbons (Fsp3) is 0.227. The Bertz CT molecular complexity index is 1080. The van der Waals surface area contributed by atoms with Gasteiger partial charge >= 0.3 is 0 Å². The molecule has 1 aliphatic heterocycles. The van der Waals surface area contributed by atoms with E-state index >= 15 is 0 Å². The van der Waals surface area contributed by atoms with Crippen molar-refractivity contribution in [2.75, 3.05) is 5.32 Å². The first-order chi connectivity index (χ1) is 14.1. The van der Waals surface area contributed by atoms with Gasteiger partial charge in [0.2, 0.25) is 5.91 Å². The highest BCUT2D eigenvalue weighted by Gasteiger charge is 2.17. The average Bonchev–Trinajstić information content (AvgIpc) is 2.96. The number of hydrogen-bond donors (Lipinski definition) is 1. The van der Waals surface area contributed by atoms with Crippen molar-refractivity contribution in [3.8, 4) is 11.4 Å². The molecule has 0 saturated heterocycles. The molecule has 0 saturated carbocycles. The summed E-state index contributed by atoms with van der Waals surface area (Å²) >= 11 is 5.94. The zero-order valence-electron chi connectivity index (χ0n) is 15.7. The van der Waals surface area contributed by atoms with E-state index in [0.717, 1.165) is 49.2 Å². The van der Waals surface area contributed by atoms with E-state index in [4.69, 9.17) is 11.6 Å². The zero-order chi connectivity index (χ0) is 20.2. The van der Waals surface area contributed by atoms with E-state index in [1.807, 2.05) is 6.07 Å². The number of aromatic nitrogens is 3. The lowest BCUT2D eigenvalue weighted by Gasteiger charge is -2.09. The monoisotopic (exact) mass is 410 g/mol. The van der Waals surface area contributed by atoms with E-state index in [1.165, 1.54) is 12.1 Å². The molecular weight excluding hydrogens is 391 g/mol. The van der Waals surface area contributed by atoms with Crippen molar-refractivity contribution in [1.82, 2.24) is 14.8 Å². The molecule has 0 spiro atoms. The van der Waals surface area contributed by atoms with Gasteiger partial charge in [-0.25, -0.2) is 4.39 Å². The molecule has 0 fully saturated rings. The molecule has 3 aromatic rings. The molecule has 1 amide bonds. The third-order valence-corrected chi connectivity index (χ3v) is 5.10. The molecule has 7 heteroatoms. The van der Waals surface area contributed by atoms with Gasteiger partial charge in [-0.2, -0.15) is 0 Å². The van der Waals surface area contributed by atoms with Crippen LogP contribution in [0.5, 0.6) is 0 Å². The number of carbonyl (C=O) groups is 1. The molecular formula is C22H20ClFN4O. The maximum Gasteiger partial charge on any atom is 0.248 e. The van der Waals surface area contributed by atoms with Crippen LogP contribution >= 0.6 is 11.6 Å². The highest BCUT2D eigenvalue weighted by molar-refractivity contribution is 6.30. The average molecular weight is 411 g/mol. The van der Waals surface area contributed by atoms with Crippen LogP contribution in [0.25, 0.3) is 17.5 Å². The summed E-state index contributed by atoms with van der Waals surface area (Å²) in [7, 11) is 0. The number of halogens is 2. The largest absolute Gasteiger partial charge is 0.320 e. The lowest BCUT2D eigenvalue weighted by atomic mass is 10.1. The van der Waals surface area contributed by atoms with Crippen molar-refractivity contribution >= 4 is 29.3 Å². The van der Waals surface area contributed by atoms with Crippen molar-refractivity contribution in [1.29, 1.82) is 0 Å². The van der Waals surface area contributed by atoms with Crippen LogP contribution in [-0.4, -0.2) is 20.7 Å². The summed E-state index contributed by atoms with van der Waals surface area (Å²) in [6.45, 7) is 0.846. The lowest BCUT2D eigenvalue weighted by molar-refractivity contribution is -0.111. The molecule has 0 aliphatic carbocycles. The minimum Gasteiger partial charge on any atom is -0.320 e. The van der Waals surface area contributed by atoms with Gasteiger partial charge in [-0.3, -0.25) is 4.79 Å². The Morgan fingerprint density at radius 1 is 1.14 bits per heavy atom. The number of hydrogen-bond acceptors (Lipinski definition) is 3. The first kappa shape index (κ1) is 19.3. The molecule has 1 N–H and O–H groups in total. The third kappa shape index (κ3) is 4.54. The van der Waals surface area contributed by atoms with Crippen molar-refractivity contribution in [3.05, 3.63) is 70.8 Å². The maximum atomic E-state index is 14.3. The number of rotatable bonds is 4. The second-order valence-electron chi connectivity index (χ2n) is 6.97. The molecule has 1 aliphatic rings. The highest BCUT2D eigenvalue weighted by Crippen LogP contribution is 2.26. The third-order valence-electron chi connectivity index (χ3n) is 4.87. The summed E-state index contributed by atoms with van der Waals surface area (Å²) in [5.74, 6) is 0.721. The van der Waals surface area contributed by atoms with Crippen molar-refractivity contribution < 1.29 is 9.18 Å². The molecule has 148 valence electrons. The molecule has 0 atom stereocenters. The molecule has 0 unspecified atom stereocenters. The van der Waals surface area contributed by atoms with Gasteiger partial charge in [0.05, 0.1) is 5.69 Å². The lowest BCUT2D eigenvalue weighted by Crippen LogP contribution is -2.10. The first-order valence-corrected chi connectivity index (χ1v) is 9.94. The van der Waals surface area contributed by atoms with Crippen LogP contribution in [-0.2, 0) is 17.8 Å². The number of nitrogens with zero attached hydrogens (tertiary/aromatic N) is 3. The summed E-state index contributed by atoms with van der Waals surface area (Å²) in [6.07, 6.45) is 7.19. The van der Waals surface area contributed by atoms with E-state index in [-0.39, 0.29) is 5.69 Å². The SMILES string of the molecule is O=C(C=Cc1cccc(Cl)c1)Nc1cc(-c2nnc3n2CCCCC3)ccc1F. The Balaban J connectivity index is 1.55. The molecule has 2 heterocycles. The van der Waals surface area contributed by atoms with Gasteiger partial charge < -0.3 is 9.88 Å². The number of fused-ring (bicyclic) bond motifs is 1. The fourth-order valence-electron chi connectivity index (χ4n) is 3.42. The predicted molar refractivity (Wildman–Crippen MR) is 112 cm³/mol. The Morgan fingerprint density at radius 2 is 2.03 bits per heavy atom. The quantitative estimate of drug-likeness (QED) is 0.607. The molecule has 2 aromatic carbocycles. The van der Waals surface area contributed by atoms with Crippen LogP contribution in [0.15, 0.2) is 48.5 Å². The minimum absolute atomic E-state index is 0.106. The zero-order valence-corrected chi connectivity index (χ0v) is 16.5. The topological polar surface area (TPSA) is 59.8 Å². The van der Waals surface area contributed by atoms with E-state index in [9.17, 15) is 9.18 Å². The smallest absolute Gasteiger partial charge is 0.248 e. The van der Waals surface area contributed by atoms with Gasteiger partial charge in [0.15, 0.2) is 5.82 Å². The molecule has 5 nitrogen and oxygen atoms in total. The van der Waals surface area contributed by atoms with E-state index in [2.05, 4.69) is 20.1 Å². The first-order valence-electron chi connectivity index (χ1n) is 9.57. The van der Waals surface area contributed by atoms with Gasteiger partial charge in [-0.1, -0.05) is 30.2 Å². The van der Waals surface area contributed by atoms with E-state index in [1.54, 1.807) is 36.4 Å². The van der Waals surface area contributed by atoms with Crippen molar-refractivity contribution in [3.63, 3.8) is 0 Å². The number of aryl methyl sites for hydroxylation is 1. The van der Waals surface area contributed by atoms with E-state index < -0.39 is 11.7 Å². The van der Waals surface area contributed by atoms with Crippen molar-refractivity contribution in [2.24, 2.45) is 0 Å². The number of amides is 1. The normalized spacial score (nSPS) is 13.9. The fourth-order valence-corrected chi connectivity index (χ4v) is 3.61. The highest BCUT2D eigenvalue weighted by atomic mass is 35.5. The van der Waals surface area contributed by atoms with Crippen LogP contribution in [0.3, 0.4) is 0 Å². The number of anilines is 1. The second-order valence-corrected chi connectivity index (χ2v) is 7.41. The number of nitrogens with one attached hydrogen (secondary N) is 1. The van der Waals surface area contributed by atoms with Crippen LogP contribution in [0, 0.1) is 5.82 Å². The van der Waals surface area contributed by atoms with Gasteiger partial charge in [0, 0.05) is 29.6 Å². The number of benzene rings is 2. The Kier molecular flexibility index (Phi) is 5.71. The summed E-state index contributed by atoms with van der Waals surface area (Å²) in [6, 6.07) is 11.7. The standard InChI is InChI=1S/C22H20ClFN4O/c23-17-6-4-5-15(13-17)8-11-21(29)25-19-14-16(9-10-18(19)24)22-27-26-20-7-2-1-3-12-28(20)22/h4-6,8-11,13-14H,1-3,7,12H2,(H,25,29). The number of carbonyl (C=O) groups excluding carboxylic acids is 1. The van der Waals surface area contributed by atoms with E-state index in [0.29, 0.717) is 10.8 Å². The second kappa shape index (κ2) is 8.57. The van der Waals surface area contributed by atoms with Crippen LogP contribution in [0.2, 0.25) is 5.02 Å². The van der Waals surface area contributed by atoms with Crippen LogP contribution in [0.1, 0.15) is 30.7 Å². The summed E-state index contributed by atoms with van der Waals surface area (Å²) in [4.78, 5) is 12.3. The summed E-state index contributed by atoms with van der Waals surface area (Å²) in [5, 5.41) is 11.8. The Morgan fingerprint density at radius 3 is 2.90 bits per heavy atom. The van der Waals surface area contributed by atoms with Gasteiger partial charge in [0.25, 0.3) is 0 Å². The minimum atomic E-state index is -0.506. The predicted octanol–water partition coefficient (Wildman–Crippen LogP) is 5.12.